The number of nitrogens with one attached hydrogen (secondary N) is 1. The second kappa shape index (κ2) is 11.2. The Kier molecular flexibility index (Phi) is 7.23. The molecule has 0 aliphatic rings. The van der Waals surface area contributed by atoms with E-state index in [0.717, 1.165) is 22.6 Å². The quantitative estimate of drug-likeness (QED) is 0.191. The fourth-order valence-electron chi connectivity index (χ4n) is 3.96. The molecule has 1 amide bonds. The first kappa shape index (κ1) is 24.5. The molecular formula is C32H25N3O3. The number of carbonyl (C=O) groups excluding carboxylic acids is 2. The Morgan fingerprint density at radius 1 is 0.816 bits per heavy atom. The van der Waals surface area contributed by atoms with Crippen molar-refractivity contribution in [1.29, 1.82) is 0 Å². The van der Waals surface area contributed by atoms with Crippen molar-refractivity contribution in [2.24, 2.45) is 0 Å². The van der Waals surface area contributed by atoms with Crippen LogP contribution in [0, 0.1) is 0 Å². The lowest BCUT2D eigenvalue weighted by Gasteiger charge is -2.06. The van der Waals surface area contributed by atoms with Gasteiger partial charge in [-0.2, -0.15) is 5.10 Å². The van der Waals surface area contributed by atoms with Crippen LogP contribution in [-0.2, 0) is 0 Å². The minimum Gasteiger partial charge on any atom is -0.497 e. The maximum atomic E-state index is 13.3. The van der Waals surface area contributed by atoms with E-state index in [9.17, 15) is 9.59 Å². The monoisotopic (exact) mass is 499 g/mol. The van der Waals surface area contributed by atoms with Gasteiger partial charge in [0.25, 0.3) is 5.91 Å². The van der Waals surface area contributed by atoms with E-state index in [4.69, 9.17) is 9.84 Å². The largest absolute Gasteiger partial charge is 0.497 e. The summed E-state index contributed by atoms with van der Waals surface area (Å²) in [5, 5.41) is 7.64. The Labute approximate surface area is 220 Å². The minimum atomic E-state index is -0.287. The average molecular weight is 500 g/mol. The highest BCUT2D eigenvalue weighted by atomic mass is 16.5. The molecule has 0 fully saturated rings. The standard InChI is InChI=1S/C32H25N3O3/c1-38-28-19-12-23(13-20-28)14-21-30(36)24-15-17-26(18-16-24)33-32(37)29-22-35(27-10-6-3-7-11-27)34-31(29)25-8-4-2-5-9-25/h2-22H,1H3,(H,33,37)/b21-14+. The Balaban J connectivity index is 1.33. The number of hydrogen-bond acceptors (Lipinski definition) is 4. The zero-order chi connectivity index (χ0) is 26.3. The van der Waals surface area contributed by atoms with Gasteiger partial charge in [-0.25, -0.2) is 4.68 Å². The highest BCUT2D eigenvalue weighted by Crippen LogP contribution is 2.25. The lowest BCUT2D eigenvalue weighted by Crippen LogP contribution is -2.12. The van der Waals surface area contributed by atoms with Crippen LogP contribution in [0.3, 0.4) is 0 Å². The lowest BCUT2D eigenvalue weighted by molar-refractivity contribution is 0.102. The van der Waals surface area contributed by atoms with Crippen LogP contribution in [0.4, 0.5) is 5.69 Å². The topological polar surface area (TPSA) is 73.2 Å². The number of ether oxygens (including phenoxy) is 1. The van der Waals surface area contributed by atoms with Crippen LogP contribution in [0.25, 0.3) is 23.0 Å². The molecule has 0 saturated heterocycles. The summed E-state index contributed by atoms with van der Waals surface area (Å²) in [5.41, 5.74) is 4.73. The molecule has 186 valence electrons. The molecule has 0 unspecified atom stereocenters. The molecule has 1 N–H and O–H groups in total. The van der Waals surface area contributed by atoms with E-state index in [0.29, 0.717) is 22.5 Å². The van der Waals surface area contributed by atoms with Gasteiger partial charge in [0.05, 0.1) is 18.4 Å². The number of benzene rings is 4. The first-order valence-corrected chi connectivity index (χ1v) is 12.1. The van der Waals surface area contributed by atoms with Crippen LogP contribution >= 0.6 is 0 Å². The van der Waals surface area contributed by atoms with Crippen LogP contribution in [0.2, 0.25) is 0 Å². The molecule has 4 aromatic carbocycles. The molecule has 1 heterocycles. The van der Waals surface area contributed by atoms with E-state index >= 15 is 0 Å². The fraction of sp³-hybridized carbons (Fsp3) is 0.0312. The normalized spacial score (nSPS) is 10.9. The summed E-state index contributed by atoms with van der Waals surface area (Å²) in [6.07, 6.45) is 5.02. The number of para-hydroxylation sites is 1. The first-order chi connectivity index (χ1) is 18.6. The summed E-state index contributed by atoms with van der Waals surface area (Å²) >= 11 is 0. The van der Waals surface area contributed by atoms with E-state index in [1.807, 2.05) is 84.9 Å². The Hall–Kier alpha value is -5.23. The summed E-state index contributed by atoms with van der Waals surface area (Å²) in [6.45, 7) is 0. The third-order valence-electron chi connectivity index (χ3n) is 6.00. The third kappa shape index (κ3) is 5.60. The number of carbonyl (C=O) groups is 2. The lowest BCUT2D eigenvalue weighted by atomic mass is 10.1. The van der Waals surface area contributed by atoms with Gasteiger partial charge in [-0.05, 0) is 60.2 Å². The van der Waals surface area contributed by atoms with Crippen LogP contribution in [0.1, 0.15) is 26.3 Å². The van der Waals surface area contributed by atoms with E-state index in [1.54, 1.807) is 48.3 Å². The molecule has 0 spiro atoms. The van der Waals surface area contributed by atoms with Gasteiger partial charge < -0.3 is 10.1 Å². The van der Waals surface area contributed by atoms with Crippen LogP contribution < -0.4 is 10.1 Å². The maximum Gasteiger partial charge on any atom is 0.259 e. The summed E-state index contributed by atoms with van der Waals surface area (Å²) in [6, 6.07) is 33.5. The zero-order valence-corrected chi connectivity index (χ0v) is 20.7. The molecule has 0 aliphatic carbocycles. The zero-order valence-electron chi connectivity index (χ0n) is 20.7. The maximum absolute atomic E-state index is 13.3. The van der Waals surface area contributed by atoms with Gasteiger partial charge in [-0.15, -0.1) is 0 Å². The molecule has 38 heavy (non-hydrogen) atoms. The van der Waals surface area contributed by atoms with Gasteiger partial charge in [0.15, 0.2) is 5.78 Å². The van der Waals surface area contributed by atoms with Gasteiger partial charge in [0.1, 0.15) is 11.4 Å². The van der Waals surface area contributed by atoms with Crippen molar-refractivity contribution in [2.75, 3.05) is 12.4 Å². The molecule has 5 aromatic rings. The minimum absolute atomic E-state index is 0.130. The molecule has 0 bridgehead atoms. The van der Waals surface area contributed by atoms with Crippen molar-refractivity contribution in [3.05, 3.63) is 138 Å². The summed E-state index contributed by atoms with van der Waals surface area (Å²) in [5.74, 6) is 0.341. The predicted molar refractivity (Wildman–Crippen MR) is 150 cm³/mol. The van der Waals surface area contributed by atoms with Crippen molar-refractivity contribution in [1.82, 2.24) is 9.78 Å². The highest BCUT2D eigenvalue weighted by molar-refractivity contribution is 6.09. The number of rotatable bonds is 8. The van der Waals surface area contributed by atoms with E-state index in [-0.39, 0.29) is 11.7 Å². The summed E-state index contributed by atoms with van der Waals surface area (Å²) in [7, 11) is 1.61. The van der Waals surface area contributed by atoms with Crippen molar-refractivity contribution >= 4 is 23.5 Å². The van der Waals surface area contributed by atoms with Crippen LogP contribution in [0.15, 0.2) is 121 Å². The fourth-order valence-corrected chi connectivity index (χ4v) is 3.96. The van der Waals surface area contributed by atoms with Crippen LogP contribution in [-0.4, -0.2) is 28.6 Å². The van der Waals surface area contributed by atoms with Crippen molar-refractivity contribution < 1.29 is 14.3 Å². The van der Waals surface area contributed by atoms with Gasteiger partial charge in [0.2, 0.25) is 0 Å². The smallest absolute Gasteiger partial charge is 0.259 e. The summed E-state index contributed by atoms with van der Waals surface area (Å²) < 4.78 is 6.86. The molecule has 0 aliphatic heterocycles. The summed E-state index contributed by atoms with van der Waals surface area (Å²) in [4.78, 5) is 26.0. The number of methoxy groups -OCH3 is 1. The van der Waals surface area contributed by atoms with Gasteiger partial charge in [-0.3, -0.25) is 9.59 Å². The van der Waals surface area contributed by atoms with Crippen molar-refractivity contribution in [2.45, 2.75) is 0 Å². The van der Waals surface area contributed by atoms with Crippen molar-refractivity contribution in [3.8, 4) is 22.7 Å². The van der Waals surface area contributed by atoms with E-state index < -0.39 is 0 Å². The molecule has 0 radical (unpaired) electrons. The number of anilines is 1. The number of hydrogen-bond donors (Lipinski definition) is 1. The number of nitrogens with zero attached hydrogens (tertiary/aromatic N) is 2. The highest BCUT2D eigenvalue weighted by Gasteiger charge is 2.19. The van der Waals surface area contributed by atoms with E-state index in [2.05, 4.69) is 5.32 Å². The van der Waals surface area contributed by atoms with Crippen LogP contribution in [0.5, 0.6) is 5.75 Å². The number of amides is 1. The molecule has 5 rings (SSSR count). The molecule has 0 saturated carbocycles. The number of ketones is 1. The molecular weight excluding hydrogens is 474 g/mol. The molecule has 1 aromatic heterocycles. The average Bonchev–Trinajstić information content (AvgIpc) is 3.43. The van der Waals surface area contributed by atoms with Crippen molar-refractivity contribution in [3.63, 3.8) is 0 Å². The Bertz CT molecular complexity index is 1570. The van der Waals surface area contributed by atoms with E-state index in [1.165, 1.54) is 6.08 Å². The second-order valence-electron chi connectivity index (χ2n) is 8.54. The molecule has 6 heteroatoms. The first-order valence-electron chi connectivity index (χ1n) is 12.1. The number of allylic oxidation sites excluding steroid dienone is 1. The number of aromatic nitrogens is 2. The Morgan fingerprint density at radius 3 is 2.13 bits per heavy atom. The van der Waals surface area contributed by atoms with Gasteiger partial charge in [0, 0.05) is 23.0 Å². The Morgan fingerprint density at radius 2 is 1.47 bits per heavy atom. The third-order valence-corrected chi connectivity index (χ3v) is 6.00. The molecule has 6 nitrogen and oxygen atoms in total. The van der Waals surface area contributed by atoms with Gasteiger partial charge in [-0.1, -0.05) is 66.7 Å². The predicted octanol–water partition coefficient (Wildman–Crippen LogP) is 6.70. The SMILES string of the molecule is COc1ccc(/C=C/C(=O)c2ccc(NC(=O)c3cn(-c4ccccc4)nc3-c3ccccc3)cc2)cc1. The molecule has 0 atom stereocenters. The second-order valence-corrected chi connectivity index (χ2v) is 8.54. The van der Waals surface area contributed by atoms with Gasteiger partial charge >= 0.3 is 0 Å².